The van der Waals surface area contributed by atoms with E-state index in [1.54, 1.807) is 0 Å². The Labute approximate surface area is 137 Å². The average molecular weight is 375 g/mol. The fraction of sp³-hybridized carbons (Fsp3) is 0.429. The minimum Gasteiger partial charge on any atom is -0.484 e. The quantitative estimate of drug-likeness (QED) is 0.885. The Morgan fingerprint density at radius 3 is 2.57 bits per heavy atom. The molecule has 2 aromatic rings. The summed E-state index contributed by atoms with van der Waals surface area (Å²) in [6.45, 7) is 0.255. The van der Waals surface area contributed by atoms with Crippen molar-refractivity contribution >= 4 is 28.3 Å². The van der Waals surface area contributed by atoms with Gasteiger partial charge < -0.3 is 15.0 Å². The second-order valence-electron chi connectivity index (χ2n) is 5.12. The van der Waals surface area contributed by atoms with Crippen molar-refractivity contribution in [3.63, 3.8) is 0 Å². The molecule has 1 aliphatic carbocycles. The lowest BCUT2D eigenvalue weighted by Crippen LogP contribution is -2.34. The smallest absolute Gasteiger partial charge is 0.264 e. The van der Waals surface area contributed by atoms with Crippen LogP contribution in [0.25, 0.3) is 0 Å². The Morgan fingerprint density at radius 2 is 1.90 bits per heavy atom. The zero-order valence-corrected chi connectivity index (χ0v) is 13.8. The number of nitrogens with zero attached hydrogens (tertiary/aromatic N) is 2. The monoisotopic (exact) mass is 373 g/mol. The first-order chi connectivity index (χ1) is 9.66. The summed E-state index contributed by atoms with van der Waals surface area (Å²) in [7, 11) is 0. The molecule has 1 heterocycles. The summed E-state index contributed by atoms with van der Waals surface area (Å²) in [5.74, 6) is 1.82. The maximum absolute atomic E-state index is 6.29. The van der Waals surface area contributed by atoms with Crippen molar-refractivity contribution in [2.45, 2.75) is 37.8 Å². The lowest BCUT2D eigenvalue weighted by atomic mass is 9.99. The van der Waals surface area contributed by atoms with E-state index in [9.17, 15) is 0 Å². The summed E-state index contributed by atoms with van der Waals surface area (Å²) in [6.07, 6.45) is 4.07. The van der Waals surface area contributed by atoms with Crippen molar-refractivity contribution in [2.24, 2.45) is 5.73 Å². The molecule has 0 spiro atoms. The van der Waals surface area contributed by atoms with Gasteiger partial charge in [-0.05, 0) is 37.1 Å². The fourth-order valence-electron chi connectivity index (χ4n) is 2.42. The zero-order valence-electron chi connectivity index (χ0n) is 11.4. The van der Waals surface area contributed by atoms with Crippen molar-refractivity contribution in [3.8, 4) is 5.75 Å². The van der Waals surface area contributed by atoms with E-state index >= 15 is 0 Å². The molecule has 0 aliphatic heterocycles. The molecule has 5 nitrogen and oxygen atoms in total. The van der Waals surface area contributed by atoms with Crippen LogP contribution < -0.4 is 10.5 Å². The van der Waals surface area contributed by atoms with Gasteiger partial charge in [0, 0.05) is 4.47 Å². The second kappa shape index (κ2) is 6.77. The van der Waals surface area contributed by atoms with Crippen molar-refractivity contribution < 1.29 is 9.26 Å². The number of benzene rings is 1. The van der Waals surface area contributed by atoms with E-state index in [0.29, 0.717) is 11.7 Å². The van der Waals surface area contributed by atoms with Crippen LogP contribution >= 0.6 is 28.3 Å². The number of aromatic nitrogens is 2. The predicted octanol–water partition coefficient (Wildman–Crippen LogP) is 3.56. The Bertz CT molecular complexity index is 582. The van der Waals surface area contributed by atoms with Crippen LogP contribution in [0.15, 0.2) is 33.3 Å². The van der Waals surface area contributed by atoms with Crippen LogP contribution in [0.5, 0.6) is 5.75 Å². The number of hydrogen-bond acceptors (Lipinski definition) is 5. The van der Waals surface area contributed by atoms with E-state index in [1.807, 2.05) is 24.3 Å². The van der Waals surface area contributed by atoms with E-state index < -0.39 is 5.54 Å². The van der Waals surface area contributed by atoms with Gasteiger partial charge >= 0.3 is 0 Å². The molecule has 1 aromatic heterocycles. The first-order valence-corrected chi connectivity index (χ1v) is 7.45. The number of ether oxygens (including phenoxy) is 1. The summed E-state index contributed by atoms with van der Waals surface area (Å²) in [5.41, 5.74) is 5.87. The van der Waals surface area contributed by atoms with Crippen molar-refractivity contribution in [1.29, 1.82) is 0 Å². The molecule has 3 rings (SSSR count). The summed E-state index contributed by atoms with van der Waals surface area (Å²) in [6, 6.07) is 7.59. The number of rotatable bonds is 4. The standard InChI is InChI=1S/C14H16BrN3O2.ClH/c15-10-3-5-11(6-4-10)19-9-12-17-13(18-20-12)14(16)7-1-2-8-14;/h3-6H,1-2,7-9,16H2;1H. The SMILES string of the molecule is Cl.NC1(c2noc(COc3ccc(Br)cc3)n2)CCCC1. The molecule has 1 saturated carbocycles. The molecule has 0 radical (unpaired) electrons. The second-order valence-corrected chi connectivity index (χ2v) is 6.03. The molecule has 114 valence electrons. The van der Waals surface area contributed by atoms with E-state index in [0.717, 1.165) is 35.9 Å². The molecular weight excluding hydrogens is 358 g/mol. The van der Waals surface area contributed by atoms with Gasteiger partial charge in [-0.1, -0.05) is 33.9 Å². The molecule has 7 heteroatoms. The van der Waals surface area contributed by atoms with Gasteiger partial charge in [0.1, 0.15) is 5.75 Å². The Morgan fingerprint density at radius 1 is 1.24 bits per heavy atom. The molecule has 1 aromatic carbocycles. The minimum atomic E-state index is -0.417. The van der Waals surface area contributed by atoms with E-state index in [2.05, 4.69) is 26.1 Å². The number of halogens is 2. The van der Waals surface area contributed by atoms with Gasteiger partial charge in [-0.15, -0.1) is 12.4 Å². The molecule has 2 N–H and O–H groups in total. The third-order valence-electron chi connectivity index (χ3n) is 3.59. The molecule has 0 bridgehead atoms. The van der Waals surface area contributed by atoms with Crippen LogP contribution in [-0.4, -0.2) is 10.1 Å². The molecule has 0 saturated heterocycles. The van der Waals surface area contributed by atoms with Crippen LogP contribution in [0.4, 0.5) is 0 Å². The fourth-order valence-corrected chi connectivity index (χ4v) is 2.69. The minimum absolute atomic E-state index is 0. The van der Waals surface area contributed by atoms with E-state index in [-0.39, 0.29) is 19.0 Å². The maximum Gasteiger partial charge on any atom is 0.264 e. The van der Waals surface area contributed by atoms with Gasteiger partial charge in [0.2, 0.25) is 0 Å². The molecule has 21 heavy (non-hydrogen) atoms. The lowest BCUT2D eigenvalue weighted by Gasteiger charge is -2.17. The molecule has 1 aliphatic rings. The zero-order chi connectivity index (χ0) is 14.0. The highest BCUT2D eigenvalue weighted by atomic mass is 79.9. The van der Waals surface area contributed by atoms with Crippen LogP contribution in [0.2, 0.25) is 0 Å². The molecular formula is C14H17BrClN3O2. The molecule has 1 fully saturated rings. The summed E-state index contributed by atoms with van der Waals surface area (Å²) >= 11 is 3.38. The van der Waals surface area contributed by atoms with Gasteiger partial charge in [0.25, 0.3) is 5.89 Å². The van der Waals surface area contributed by atoms with E-state index in [4.69, 9.17) is 15.0 Å². The van der Waals surface area contributed by atoms with Crippen LogP contribution in [0.1, 0.15) is 37.4 Å². The summed E-state index contributed by atoms with van der Waals surface area (Å²) in [5, 5.41) is 4.00. The van der Waals surface area contributed by atoms with Crippen molar-refractivity contribution in [3.05, 3.63) is 40.5 Å². The topological polar surface area (TPSA) is 74.2 Å². The van der Waals surface area contributed by atoms with Crippen molar-refractivity contribution in [2.75, 3.05) is 0 Å². The van der Waals surface area contributed by atoms with Crippen LogP contribution in [0.3, 0.4) is 0 Å². The van der Waals surface area contributed by atoms with Gasteiger partial charge in [-0.3, -0.25) is 0 Å². The first-order valence-electron chi connectivity index (χ1n) is 6.66. The molecule has 0 amide bonds. The Kier molecular flexibility index (Phi) is 5.24. The highest BCUT2D eigenvalue weighted by molar-refractivity contribution is 9.10. The van der Waals surface area contributed by atoms with Gasteiger partial charge in [-0.25, -0.2) is 0 Å². The molecule has 0 unspecified atom stereocenters. The highest BCUT2D eigenvalue weighted by Gasteiger charge is 2.35. The Balaban J connectivity index is 0.00000161. The third kappa shape index (κ3) is 3.75. The third-order valence-corrected chi connectivity index (χ3v) is 4.11. The Hall–Kier alpha value is -1.11. The van der Waals surface area contributed by atoms with Gasteiger partial charge in [-0.2, -0.15) is 4.98 Å². The number of nitrogens with two attached hydrogens (primary N) is 1. The summed E-state index contributed by atoms with van der Waals surface area (Å²) < 4.78 is 11.8. The summed E-state index contributed by atoms with van der Waals surface area (Å²) in [4.78, 5) is 4.36. The van der Waals surface area contributed by atoms with Gasteiger partial charge in [0.05, 0.1) is 5.54 Å². The van der Waals surface area contributed by atoms with E-state index in [1.165, 1.54) is 0 Å². The predicted molar refractivity (Wildman–Crippen MR) is 84.4 cm³/mol. The lowest BCUT2D eigenvalue weighted by molar-refractivity contribution is 0.241. The number of hydrogen-bond donors (Lipinski definition) is 1. The highest BCUT2D eigenvalue weighted by Crippen LogP contribution is 2.34. The molecule has 0 atom stereocenters. The average Bonchev–Trinajstić information content (AvgIpc) is 3.08. The maximum atomic E-state index is 6.29. The first kappa shape index (κ1) is 16.3. The largest absolute Gasteiger partial charge is 0.484 e. The normalized spacial score (nSPS) is 16.5. The van der Waals surface area contributed by atoms with Crippen molar-refractivity contribution in [1.82, 2.24) is 10.1 Å². The van der Waals surface area contributed by atoms with Crippen LogP contribution in [-0.2, 0) is 12.1 Å². The van der Waals surface area contributed by atoms with Crippen LogP contribution in [0, 0.1) is 0 Å². The van der Waals surface area contributed by atoms with Gasteiger partial charge in [0.15, 0.2) is 12.4 Å².